The fourth-order valence-electron chi connectivity index (χ4n) is 1.70. The lowest BCUT2D eigenvalue weighted by Crippen LogP contribution is -2.31. The monoisotopic (exact) mass is 356 g/mol. The van der Waals surface area contributed by atoms with Crippen molar-refractivity contribution < 1.29 is 9.53 Å². The molecule has 0 fully saturated rings. The number of nitrogens with zero attached hydrogens (tertiary/aromatic N) is 1. The van der Waals surface area contributed by atoms with E-state index in [0.717, 1.165) is 28.9 Å². The molecule has 0 bridgehead atoms. The number of hydrogen-bond acceptors (Lipinski definition) is 3. The zero-order chi connectivity index (χ0) is 15.8. The topological polar surface area (TPSA) is 41.6 Å². The maximum Gasteiger partial charge on any atom is 0.260 e. The summed E-state index contributed by atoms with van der Waals surface area (Å²) in [5.41, 5.74) is 1.13. The van der Waals surface area contributed by atoms with Crippen LogP contribution in [0.5, 0.6) is 5.75 Å². The van der Waals surface area contributed by atoms with E-state index in [0.29, 0.717) is 12.5 Å². The molecule has 1 rings (SSSR count). The van der Waals surface area contributed by atoms with Crippen molar-refractivity contribution in [1.82, 2.24) is 10.2 Å². The lowest BCUT2D eigenvalue weighted by Gasteiger charge is -2.15. The molecule has 1 aromatic rings. The average molecular weight is 357 g/mol. The van der Waals surface area contributed by atoms with Crippen LogP contribution in [0.15, 0.2) is 22.7 Å². The lowest BCUT2D eigenvalue weighted by atomic mass is 10.2. The van der Waals surface area contributed by atoms with Crippen LogP contribution in [0, 0.1) is 5.92 Å². The highest BCUT2D eigenvalue weighted by Crippen LogP contribution is 2.22. The Morgan fingerprint density at radius 1 is 1.43 bits per heavy atom. The van der Waals surface area contributed by atoms with E-state index in [1.165, 1.54) is 0 Å². The van der Waals surface area contributed by atoms with Gasteiger partial charge < -0.3 is 15.0 Å². The van der Waals surface area contributed by atoms with Crippen molar-refractivity contribution in [3.05, 3.63) is 28.2 Å². The Balaban J connectivity index is 2.58. The van der Waals surface area contributed by atoms with Crippen LogP contribution in [-0.4, -0.2) is 37.6 Å². The van der Waals surface area contributed by atoms with Gasteiger partial charge in [0, 0.05) is 24.6 Å². The van der Waals surface area contributed by atoms with Crippen LogP contribution in [0.4, 0.5) is 0 Å². The predicted octanol–water partition coefficient (Wildman–Crippen LogP) is 3.05. The highest BCUT2D eigenvalue weighted by atomic mass is 79.9. The van der Waals surface area contributed by atoms with Gasteiger partial charge in [0.2, 0.25) is 0 Å². The van der Waals surface area contributed by atoms with Crippen LogP contribution >= 0.6 is 15.9 Å². The number of carbonyl (C=O) groups excluding carboxylic acids is 1. The molecule has 1 N–H and O–H groups in total. The second-order valence-corrected chi connectivity index (χ2v) is 6.33. The van der Waals surface area contributed by atoms with E-state index in [1.54, 1.807) is 11.9 Å². The zero-order valence-corrected chi connectivity index (χ0v) is 14.9. The molecule has 0 aliphatic heterocycles. The zero-order valence-electron chi connectivity index (χ0n) is 13.3. The first-order chi connectivity index (χ1) is 9.93. The molecule has 0 heterocycles. The standard InChI is InChI=1S/C16H25BrN2O2/c1-5-19(4)16(20)11-21-14-6-7-15(17)13(8-14)10-18-9-12(2)3/h6-8,12,18H,5,9-11H2,1-4H3. The Morgan fingerprint density at radius 2 is 2.14 bits per heavy atom. The number of hydrogen-bond donors (Lipinski definition) is 1. The van der Waals surface area contributed by atoms with E-state index in [2.05, 4.69) is 35.1 Å². The SMILES string of the molecule is CCN(C)C(=O)COc1ccc(Br)c(CNCC(C)C)c1. The summed E-state index contributed by atoms with van der Waals surface area (Å²) in [4.78, 5) is 13.4. The van der Waals surface area contributed by atoms with Crippen molar-refractivity contribution in [2.75, 3.05) is 26.7 Å². The summed E-state index contributed by atoms with van der Waals surface area (Å²) < 4.78 is 6.62. The molecule has 0 aliphatic rings. The molecule has 1 aromatic carbocycles. The molecule has 1 amide bonds. The number of nitrogens with one attached hydrogen (secondary N) is 1. The van der Waals surface area contributed by atoms with Crippen molar-refractivity contribution in [1.29, 1.82) is 0 Å². The first-order valence-corrected chi connectivity index (χ1v) is 8.09. The Hall–Kier alpha value is -1.07. The number of carbonyl (C=O) groups is 1. The molecule has 0 aromatic heterocycles. The third-order valence-electron chi connectivity index (χ3n) is 3.15. The van der Waals surface area contributed by atoms with E-state index in [-0.39, 0.29) is 12.5 Å². The third kappa shape index (κ3) is 6.48. The fourth-order valence-corrected chi connectivity index (χ4v) is 2.09. The van der Waals surface area contributed by atoms with E-state index in [9.17, 15) is 4.79 Å². The van der Waals surface area contributed by atoms with Gasteiger partial charge in [-0.05, 0) is 43.1 Å². The smallest absolute Gasteiger partial charge is 0.260 e. The number of halogens is 1. The Kier molecular flexibility index (Phi) is 7.75. The van der Waals surface area contributed by atoms with Crippen LogP contribution in [0.2, 0.25) is 0 Å². The minimum Gasteiger partial charge on any atom is -0.484 e. The first kappa shape index (κ1) is 18.0. The highest BCUT2D eigenvalue weighted by Gasteiger charge is 2.08. The van der Waals surface area contributed by atoms with Gasteiger partial charge in [0.1, 0.15) is 5.75 Å². The summed E-state index contributed by atoms with van der Waals surface area (Å²) in [6.45, 7) is 8.80. The van der Waals surface area contributed by atoms with E-state index in [4.69, 9.17) is 4.74 Å². The predicted molar refractivity (Wildman–Crippen MR) is 89.5 cm³/mol. The van der Waals surface area contributed by atoms with Crippen molar-refractivity contribution in [3.63, 3.8) is 0 Å². The summed E-state index contributed by atoms with van der Waals surface area (Å²) in [6.07, 6.45) is 0. The summed E-state index contributed by atoms with van der Waals surface area (Å²) in [5, 5.41) is 3.40. The Labute approximate surface area is 136 Å². The van der Waals surface area contributed by atoms with Crippen LogP contribution in [0.25, 0.3) is 0 Å². The maximum atomic E-state index is 11.7. The summed E-state index contributed by atoms with van der Waals surface area (Å²) in [5.74, 6) is 1.32. The molecule has 4 nitrogen and oxygen atoms in total. The molecule has 0 aliphatic carbocycles. The van der Waals surface area contributed by atoms with Crippen LogP contribution in [-0.2, 0) is 11.3 Å². The van der Waals surface area contributed by atoms with Gasteiger partial charge in [-0.2, -0.15) is 0 Å². The molecule has 21 heavy (non-hydrogen) atoms. The summed E-state index contributed by atoms with van der Waals surface area (Å²) in [6, 6.07) is 5.79. The number of amides is 1. The van der Waals surface area contributed by atoms with Crippen molar-refractivity contribution in [2.45, 2.75) is 27.3 Å². The summed E-state index contributed by atoms with van der Waals surface area (Å²) >= 11 is 3.54. The van der Waals surface area contributed by atoms with E-state index in [1.807, 2.05) is 25.1 Å². The van der Waals surface area contributed by atoms with Gasteiger partial charge in [0.25, 0.3) is 5.91 Å². The summed E-state index contributed by atoms with van der Waals surface area (Å²) in [7, 11) is 1.77. The number of benzene rings is 1. The second kappa shape index (κ2) is 9.05. The largest absolute Gasteiger partial charge is 0.484 e. The maximum absolute atomic E-state index is 11.7. The molecular formula is C16H25BrN2O2. The molecule has 0 saturated heterocycles. The molecular weight excluding hydrogens is 332 g/mol. The molecule has 0 spiro atoms. The third-order valence-corrected chi connectivity index (χ3v) is 3.92. The van der Waals surface area contributed by atoms with Gasteiger partial charge >= 0.3 is 0 Å². The first-order valence-electron chi connectivity index (χ1n) is 7.30. The minimum absolute atomic E-state index is 0.0140. The minimum atomic E-state index is -0.0140. The molecule has 0 unspecified atom stereocenters. The molecule has 118 valence electrons. The van der Waals surface area contributed by atoms with Crippen molar-refractivity contribution >= 4 is 21.8 Å². The Bertz CT molecular complexity index is 464. The van der Waals surface area contributed by atoms with Gasteiger partial charge in [-0.15, -0.1) is 0 Å². The van der Waals surface area contributed by atoms with Gasteiger partial charge in [0.05, 0.1) is 0 Å². The molecule has 0 radical (unpaired) electrons. The van der Waals surface area contributed by atoms with Crippen LogP contribution in [0.3, 0.4) is 0 Å². The van der Waals surface area contributed by atoms with E-state index < -0.39 is 0 Å². The molecule has 0 atom stereocenters. The molecule has 0 saturated carbocycles. The van der Waals surface area contributed by atoms with Crippen molar-refractivity contribution in [3.8, 4) is 5.75 Å². The number of rotatable bonds is 8. The second-order valence-electron chi connectivity index (χ2n) is 5.47. The fraction of sp³-hybridized carbons (Fsp3) is 0.562. The van der Waals surface area contributed by atoms with Crippen molar-refractivity contribution in [2.24, 2.45) is 5.92 Å². The normalized spacial score (nSPS) is 10.8. The van der Waals surface area contributed by atoms with Crippen LogP contribution in [0.1, 0.15) is 26.3 Å². The number of ether oxygens (including phenoxy) is 1. The molecule has 5 heteroatoms. The van der Waals surface area contributed by atoms with Crippen LogP contribution < -0.4 is 10.1 Å². The lowest BCUT2D eigenvalue weighted by molar-refractivity contribution is -0.131. The van der Waals surface area contributed by atoms with Gasteiger partial charge in [0.15, 0.2) is 6.61 Å². The number of likely N-dealkylation sites (N-methyl/N-ethyl adjacent to an activating group) is 1. The average Bonchev–Trinajstić information content (AvgIpc) is 2.46. The highest BCUT2D eigenvalue weighted by molar-refractivity contribution is 9.10. The quantitative estimate of drug-likeness (QED) is 0.778. The van der Waals surface area contributed by atoms with Gasteiger partial charge in [-0.3, -0.25) is 4.79 Å². The van der Waals surface area contributed by atoms with Gasteiger partial charge in [-0.25, -0.2) is 0 Å². The van der Waals surface area contributed by atoms with E-state index >= 15 is 0 Å². The van der Waals surface area contributed by atoms with Gasteiger partial charge in [-0.1, -0.05) is 29.8 Å². The Morgan fingerprint density at radius 3 is 2.76 bits per heavy atom.